The molecule has 1 atom stereocenters. The van der Waals surface area contributed by atoms with Gasteiger partial charge in [-0.15, -0.1) is 0 Å². The minimum absolute atomic E-state index is 0.247. The predicted octanol–water partition coefficient (Wildman–Crippen LogP) is 3.75. The topological polar surface area (TPSA) is 101 Å². The molecule has 0 aliphatic heterocycles. The Morgan fingerprint density at radius 2 is 1.97 bits per heavy atom. The lowest BCUT2D eigenvalue weighted by Crippen LogP contribution is -2.44. The monoisotopic (exact) mass is 438 g/mol. The highest BCUT2D eigenvalue weighted by Gasteiger charge is 2.27. The Morgan fingerprint density at radius 1 is 1.16 bits per heavy atom. The summed E-state index contributed by atoms with van der Waals surface area (Å²) < 4.78 is 16.5. The van der Waals surface area contributed by atoms with Crippen molar-refractivity contribution in [3.05, 3.63) is 71.8 Å². The van der Waals surface area contributed by atoms with Crippen LogP contribution in [0.2, 0.25) is 0 Å². The molecule has 0 aliphatic rings. The van der Waals surface area contributed by atoms with E-state index < -0.39 is 5.60 Å². The fourth-order valence-corrected chi connectivity index (χ4v) is 2.93. The average Bonchev–Trinajstić information content (AvgIpc) is 3.24. The molecule has 3 N–H and O–H groups in total. The summed E-state index contributed by atoms with van der Waals surface area (Å²) in [4.78, 5) is 8.93. The van der Waals surface area contributed by atoms with Crippen molar-refractivity contribution in [1.82, 2.24) is 15.6 Å². The zero-order valence-electron chi connectivity index (χ0n) is 18.9. The highest BCUT2D eigenvalue weighted by molar-refractivity contribution is 5.79. The number of aliphatic imine (C=N–C) groups is 1. The number of hydrogen-bond donors (Lipinski definition) is 3. The molecule has 2 heterocycles. The van der Waals surface area contributed by atoms with Gasteiger partial charge in [0.25, 0.3) is 0 Å². The molecule has 2 aromatic heterocycles. The smallest absolute Gasteiger partial charge is 0.219 e. The van der Waals surface area contributed by atoms with E-state index in [1.54, 1.807) is 38.4 Å². The molecule has 1 unspecified atom stereocenters. The first kappa shape index (κ1) is 23.1. The number of ether oxygens (including phenoxy) is 2. The summed E-state index contributed by atoms with van der Waals surface area (Å²) in [5.41, 5.74) is -0.237. The van der Waals surface area contributed by atoms with Crippen molar-refractivity contribution in [1.29, 1.82) is 0 Å². The van der Waals surface area contributed by atoms with E-state index in [0.717, 1.165) is 17.1 Å². The van der Waals surface area contributed by atoms with Gasteiger partial charge in [-0.3, -0.25) is 0 Å². The van der Waals surface area contributed by atoms with Crippen LogP contribution >= 0.6 is 0 Å². The van der Waals surface area contributed by atoms with E-state index in [1.165, 1.54) is 0 Å². The number of rotatable bonds is 9. The summed E-state index contributed by atoms with van der Waals surface area (Å²) in [6.45, 7) is 6.89. The highest BCUT2D eigenvalue weighted by Crippen LogP contribution is 2.24. The Balaban J connectivity index is 1.59. The molecule has 8 heteroatoms. The van der Waals surface area contributed by atoms with Gasteiger partial charge in [0.15, 0.2) is 5.96 Å². The second kappa shape index (κ2) is 10.7. The van der Waals surface area contributed by atoms with Gasteiger partial charge in [-0.1, -0.05) is 12.1 Å². The number of aromatic nitrogens is 1. The van der Waals surface area contributed by atoms with Gasteiger partial charge in [-0.2, -0.15) is 0 Å². The Kier molecular flexibility index (Phi) is 7.72. The lowest BCUT2D eigenvalue weighted by atomic mass is 10.0. The van der Waals surface area contributed by atoms with E-state index in [-0.39, 0.29) is 6.54 Å². The average molecular weight is 439 g/mol. The van der Waals surface area contributed by atoms with E-state index in [2.05, 4.69) is 20.6 Å². The molecule has 0 spiro atoms. The molecule has 0 fully saturated rings. The first-order valence-corrected chi connectivity index (χ1v) is 10.5. The zero-order chi connectivity index (χ0) is 23.0. The van der Waals surface area contributed by atoms with Crippen molar-refractivity contribution < 1.29 is 19.0 Å². The predicted molar refractivity (Wildman–Crippen MR) is 123 cm³/mol. The fourth-order valence-electron chi connectivity index (χ4n) is 2.93. The molecular weight excluding hydrogens is 408 g/mol. The summed E-state index contributed by atoms with van der Waals surface area (Å²) in [7, 11) is 1.61. The number of benzene rings is 1. The van der Waals surface area contributed by atoms with Gasteiger partial charge < -0.3 is 29.6 Å². The molecular formula is C24H30N4O4. The van der Waals surface area contributed by atoms with Crippen LogP contribution in [0.5, 0.6) is 17.4 Å². The number of aryl methyl sites for hydroxylation is 1. The van der Waals surface area contributed by atoms with Crippen LogP contribution in [-0.4, -0.2) is 36.2 Å². The second-order valence-corrected chi connectivity index (χ2v) is 7.52. The lowest BCUT2D eigenvalue weighted by Gasteiger charge is -2.22. The minimum atomic E-state index is -1.16. The number of nitrogens with one attached hydrogen (secondary N) is 2. The Hall–Kier alpha value is -3.52. The third-order valence-corrected chi connectivity index (χ3v) is 4.70. The van der Waals surface area contributed by atoms with Crippen LogP contribution in [0.1, 0.15) is 30.9 Å². The third-order valence-electron chi connectivity index (χ3n) is 4.70. The number of guanidine groups is 1. The van der Waals surface area contributed by atoms with Crippen LogP contribution < -0.4 is 20.1 Å². The maximum atomic E-state index is 10.7. The van der Waals surface area contributed by atoms with Gasteiger partial charge in [-0.25, -0.2) is 9.98 Å². The first-order chi connectivity index (χ1) is 15.4. The molecule has 0 amide bonds. The van der Waals surface area contributed by atoms with Gasteiger partial charge in [-0.05, 0) is 50.6 Å². The fraction of sp³-hybridized carbons (Fsp3) is 0.333. The van der Waals surface area contributed by atoms with Crippen molar-refractivity contribution in [2.75, 3.05) is 20.2 Å². The number of furan rings is 1. The van der Waals surface area contributed by atoms with Gasteiger partial charge in [0.2, 0.25) is 5.88 Å². The van der Waals surface area contributed by atoms with Crippen LogP contribution in [-0.2, 0) is 12.1 Å². The van der Waals surface area contributed by atoms with Crippen molar-refractivity contribution in [2.45, 2.75) is 32.9 Å². The molecule has 170 valence electrons. The number of aliphatic hydroxyl groups is 1. The van der Waals surface area contributed by atoms with E-state index in [0.29, 0.717) is 36.4 Å². The van der Waals surface area contributed by atoms with Crippen LogP contribution in [0.25, 0.3) is 0 Å². The van der Waals surface area contributed by atoms with Gasteiger partial charge in [0.05, 0.1) is 20.2 Å². The Morgan fingerprint density at radius 3 is 2.62 bits per heavy atom. The van der Waals surface area contributed by atoms with Crippen LogP contribution in [0.3, 0.4) is 0 Å². The molecule has 8 nitrogen and oxygen atoms in total. The Bertz CT molecular complexity index is 1030. The molecule has 0 radical (unpaired) electrons. The van der Waals surface area contributed by atoms with Gasteiger partial charge in [0.1, 0.15) is 28.6 Å². The van der Waals surface area contributed by atoms with Gasteiger partial charge >= 0.3 is 0 Å². The van der Waals surface area contributed by atoms with Gasteiger partial charge in [0, 0.05) is 24.9 Å². The molecule has 1 aromatic carbocycles. The van der Waals surface area contributed by atoms with E-state index in [4.69, 9.17) is 13.9 Å². The number of nitrogens with zero attached hydrogens (tertiary/aromatic N) is 2. The third kappa shape index (κ3) is 6.49. The largest absolute Gasteiger partial charge is 0.497 e. The van der Waals surface area contributed by atoms with E-state index in [9.17, 15) is 5.11 Å². The molecule has 3 aromatic rings. The Labute approximate surface area is 188 Å². The molecule has 0 bridgehead atoms. The molecule has 3 rings (SSSR count). The molecule has 32 heavy (non-hydrogen) atoms. The first-order valence-electron chi connectivity index (χ1n) is 10.5. The summed E-state index contributed by atoms with van der Waals surface area (Å²) in [6, 6.07) is 14.7. The summed E-state index contributed by atoms with van der Waals surface area (Å²) >= 11 is 0. The maximum Gasteiger partial charge on any atom is 0.219 e. The van der Waals surface area contributed by atoms with Crippen molar-refractivity contribution in [2.24, 2.45) is 4.99 Å². The lowest BCUT2D eigenvalue weighted by molar-refractivity contribution is 0.0378. The molecule has 0 aliphatic carbocycles. The minimum Gasteiger partial charge on any atom is -0.497 e. The van der Waals surface area contributed by atoms with E-state index >= 15 is 0 Å². The molecule has 0 saturated carbocycles. The second-order valence-electron chi connectivity index (χ2n) is 7.52. The van der Waals surface area contributed by atoms with Crippen molar-refractivity contribution in [3.8, 4) is 17.4 Å². The van der Waals surface area contributed by atoms with Crippen LogP contribution in [0.15, 0.2) is 64.1 Å². The SMILES string of the molecule is CCNC(=NCc1ccc(Oc2cccc(OC)c2)nc1)NCC(C)(O)c1ccc(C)o1. The summed E-state index contributed by atoms with van der Waals surface area (Å²) in [5, 5.41) is 17.1. The van der Waals surface area contributed by atoms with Crippen LogP contribution in [0.4, 0.5) is 0 Å². The van der Waals surface area contributed by atoms with Crippen molar-refractivity contribution >= 4 is 5.96 Å². The zero-order valence-corrected chi connectivity index (χ0v) is 18.9. The van der Waals surface area contributed by atoms with E-state index in [1.807, 2.05) is 44.2 Å². The number of pyridine rings is 1. The summed E-state index contributed by atoms with van der Waals surface area (Å²) in [6.07, 6.45) is 1.73. The van der Waals surface area contributed by atoms with Crippen LogP contribution in [0, 0.1) is 6.92 Å². The molecule has 0 saturated heterocycles. The quantitative estimate of drug-likeness (QED) is 0.345. The number of methoxy groups -OCH3 is 1. The maximum absolute atomic E-state index is 10.7. The highest BCUT2D eigenvalue weighted by atomic mass is 16.5. The van der Waals surface area contributed by atoms with Crippen molar-refractivity contribution in [3.63, 3.8) is 0 Å². The number of hydrogen-bond acceptors (Lipinski definition) is 6. The standard InChI is InChI=1S/C24H30N4O4/c1-5-25-23(28-16-24(3,29)21-11-9-17(2)31-21)27-15-18-10-12-22(26-14-18)32-20-8-6-7-19(13-20)30-4/h6-14,29H,5,15-16H2,1-4H3,(H2,25,27,28). The normalized spacial score (nSPS) is 13.3. The summed E-state index contributed by atoms with van der Waals surface area (Å²) in [5.74, 6) is 3.72.